The average molecular weight is 189 g/mol. The lowest BCUT2D eigenvalue weighted by atomic mass is 10.1. The molecular weight excluding hydrogens is 178 g/mol. The molecule has 0 saturated carbocycles. The van der Waals surface area contributed by atoms with Gasteiger partial charge in [0.15, 0.2) is 0 Å². The van der Waals surface area contributed by atoms with E-state index < -0.39 is 0 Å². The van der Waals surface area contributed by atoms with Crippen LogP contribution >= 0.6 is 0 Å². The van der Waals surface area contributed by atoms with Crippen LogP contribution in [0.15, 0.2) is 29.4 Å². The van der Waals surface area contributed by atoms with Gasteiger partial charge >= 0.3 is 0 Å². The topological polar surface area (TPSA) is 71.5 Å². The Morgan fingerprint density at radius 1 is 1.36 bits per heavy atom. The second kappa shape index (κ2) is 3.49. The fourth-order valence-corrected chi connectivity index (χ4v) is 1.35. The van der Waals surface area contributed by atoms with Crippen LogP contribution in [0.4, 0.5) is 0 Å². The maximum absolute atomic E-state index is 7.24. The first-order chi connectivity index (χ1) is 6.77. The van der Waals surface area contributed by atoms with Crippen LogP contribution in [0.5, 0.6) is 0 Å². The number of hydrogen-bond acceptors (Lipinski definition) is 3. The fraction of sp³-hybridized carbons (Fsp3) is 0.200. The highest BCUT2D eigenvalue weighted by Gasteiger charge is 2.10. The number of hydrogen-bond donors (Lipinski definition) is 2. The summed E-state index contributed by atoms with van der Waals surface area (Å²) < 4.78 is 0. The number of benzene rings is 1. The molecule has 0 unspecified atom stereocenters. The van der Waals surface area contributed by atoms with E-state index in [2.05, 4.69) is 5.16 Å². The van der Waals surface area contributed by atoms with Gasteiger partial charge in [0, 0.05) is 12.0 Å². The second-order valence-electron chi connectivity index (χ2n) is 3.11. The summed E-state index contributed by atoms with van der Waals surface area (Å²) in [6.07, 6.45) is 0.847. The van der Waals surface area contributed by atoms with E-state index in [1.807, 2.05) is 24.3 Å². The molecule has 0 radical (unpaired) electrons. The predicted molar refractivity (Wildman–Crippen MR) is 54.6 cm³/mol. The first-order valence-corrected chi connectivity index (χ1v) is 4.41. The molecule has 1 aliphatic rings. The van der Waals surface area contributed by atoms with E-state index in [1.165, 1.54) is 0 Å². The zero-order valence-electron chi connectivity index (χ0n) is 7.66. The predicted octanol–water partition coefficient (Wildman–Crippen LogP) is 1.10. The molecule has 0 aromatic heterocycles. The molecule has 0 spiro atoms. The van der Waals surface area contributed by atoms with Gasteiger partial charge in [0.25, 0.3) is 0 Å². The Bertz CT molecular complexity index is 381. The molecule has 0 saturated heterocycles. The quantitative estimate of drug-likeness (QED) is 0.540. The molecule has 2 rings (SSSR count). The van der Waals surface area contributed by atoms with Crippen LogP contribution in [-0.4, -0.2) is 18.2 Å². The van der Waals surface area contributed by atoms with Crippen molar-refractivity contribution in [1.29, 1.82) is 5.41 Å². The number of oxime groups is 1. The highest BCUT2D eigenvalue weighted by molar-refractivity contribution is 6.02. The second-order valence-corrected chi connectivity index (χ2v) is 3.11. The summed E-state index contributed by atoms with van der Waals surface area (Å²) in [6.45, 7) is 0.657. The summed E-state index contributed by atoms with van der Waals surface area (Å²) in [5.74, 6) is 0.0844. The van der Waals surface area contributed by atoms with Crippen LogP contribution in [0.3, 0.4) is 0 Å². The van der Waals surface area contributed by atoms with Crippen molar-refractivity contribution >= 4 is 11.5 Å². The summed E-state index contributed by atoms with van der Waals surface area (Å²) in [4.78, 5) is 4.91. The molecule has 3 N–H and O–H groups in total. The highest BCUT2D eigenvalue weighted by Crippen LogP contribution is 2.11. The smallest absolute Gasteiger partial charge is 0.122 e. The molecule has 1 aromatic carbocycles. The Kier molecular flexibility index (Phi) is 2.18. The number of nitrogens with one attached hydrogen (secondary N) is 1. The van der Waals surface area contributed by atoms with Crippen LogP contribution < -0.4 is 5.73 Å². The Balaban J connectivity index is 2.25. The van der Waals surface area contributed by atoms with E-state index in [9.17, 15) is 0 Å². The standard InChI is InChI=1S/C10H11N3O/c11-10(12)8-3-1-7(2-4-8)9-5-6-14-13-9/h1-4H,5-6H2,(H3,11,12). The SMILES string of the molecule is N=C(N)c1ccc(C2=NOCC2)cc1. The van der Waals surface area contributed by atoms with Crippen molar-refractivity contribution in [3.63, 3.8) is 0 Å². The molecule has 0 fully saturated rings. The molecule has 0 bridgehead atoms. The van der Waals surface area contributed by atoms with Gasteiger partial charge < -0.3 is 10.6 Å². The van der Waals surface area contributed by atoms with Crippen LogP contribution in [0.2, 0.25) is 0 Å². The highest BCUT2D eigenvalue weighted by atomic mass is 16.6. The van der Waals surface area contributed by atoms with Gasteiger partial charge in [0.2, 0.25) is 0 Å². The molecule has 14 heavy (non-hydrogen) atoms. The molecule has 72 valence electrons. The lowest BCUT2D eigenvalue weighted by Crippen LogP contribution is -2.11. The van der Waals surface area contributed by atoms with Gasteiger partial charge in [0.1, 0.15) is 12.4 Å². The molecule has 4 nitrogen and oxygen atoms in total. The van der Waals surface area contributed by atoms with E-state index in [-0.39, 0.29) is 5.84 Å². The first kappa shape index (κ1) is 8.74. The Hall–Kier alpha value is -1.84. The van der Waals surface area contributed by atoms with E-state index in [1.54, 1.807) is 0 Å². The van der Waals surface area contributed by atoms with E-state index in [0.29, 0.717) is 6.61 Å². The lowest BCUT2D eigenvalue weighted by molar-refractivity contribution is 0.174. The van der Waals surface area contributed by atoms with Gasteiger partial charge in [-0.05, 0) is 5.56 Å². The van der Waals surface area contributed by atoms with Gasteiger partial charge in [-0.15, -0.1) is 0 Å². The summed E-state index contributed by atoms with van der Waals surface area (Å²) in [5.41, 5.74) is 8.07. The number of nitrogen functional groups attached to an aromatic ring is 1. The molecule has 0 amide bonds. The Labute approximate surface area is 81.9 Å². The third-order valence-electron chi connectivity index (χ3n) is 2.13. The maximum Gasteiger partial charge on any atom is 0.122 e. The molecule has 1 aliphatic heterocycles. The zero-order valence-corrected chi connectivity index (χ0v) is 7.66. The lowest BCUT2D eigenvalue weighted by Gasteiger charge is -2.00. The van der Waals surface area contributed by atoms with E-state index in [4.69, 9.17) is 16.0 Å². The Morgan fingerprint density at radius 2 is 2.07 bits per heavy atom. The van der Waals surface area contributed by atoms with Gasteiger partial charge in [-0.3, -0.25) is 5.41 Å². The number of amidine groups is 1. The summed E-state index contributed by atoms with van der Waals surface area (Å²) in [6, 6.07) is 7.45. The summed E-state index contributed by atoms with van der Waals surface area (Å²) in [7, 11) is 0. The van der Waals surface area contributed by atoms with Crippen molar-refractivity contribution in [1.82, 2.24) is 0 Å². The first-order valence-electron chi connectivity index (χ1n) is 4.41. The summed E-state index contributed by atoms with van der Waals surface area (Å²) in [5, 5.41) is 11.2. The third kappa shape index (κ3) is 1.59. The minimum atomic E-state index is 0.0844. The molecule has 4 heteroatoms. The molecular formula is C10H11N3O. The number of nitrogens with zero attached hydrogens (tertiary/aromatic N) is 1. The Morgan fingerprint density at radius 3 is 2.57 bits per heavy atom. The molecule has 0 atom stereocenters. The van der Waals surface area contributed by atoms with Crippen molar-refractivity contribution < 1.29 is 4.84 Å². The molecule has 1 heterocycles. The van der Waals surface area contributed by atoms with Gasteiger partial charge in [0.05, 0.1) is 5.71 Å². The van der Waals surface area contributed by atoms with Crippen molar-refractivity contribution in [2.75, 3.05) is 6.61 Å². The van der Waals surface area contributed by atoms with Crippen molar-refractivity contribution in [3.8, 4) is 0 Å². The van der Waals surface area contributed by atoms with Gasteiger partial charge in [-0.1, -0.05) is 29.4 Å². The average Bonchev–Trinajstić information content (AvgIpc) is 2.71. The van der Waals surface area contributed by atoms with Crippen LogP contribution in [0.25, 0.3) is 0 Å². The van der Waals surface area contributed by atoms with Crippen LogP contribution in [0, 0.1) is 5.41 Å². The maximum atomic E-state index is 7.24. The molecule has 0 aliphatic carbocycles. The van der Waals surface area contributed by atoms with Gasteiger partial charge in [-0.2, -0.15) is 0 Å². The monoisotopic (exact) mass is 189 g/mol. The third-order valence-corrected chi connectivity index (χ3v) is 2.13. The van der Waals surface area contributed by atoms with Gasteiger partial charge in [-0.25, -0.2) is 0 Å². The minimum absolute atomic E-state index is 0.0844. The molecule has 1 aromatic rings. The van der Waals surface area contributed by atoms with E-state index in [0.717, 1.165) is 23.3 Å². The fourth-order valence-electron chi connectivity index (χ4n) is 1.35. The van der Waals surface area contributed by atoms with Crippen LogP contribution in [-0.2, 0) is 4.84 Å². The number of nitrogens with two attached hydrogens (primary N) is 1. The van der Waals surface area contributed by atoms with E-state index >= 15 is 0 Å². The van der Waals surface area contributed by atoms with Crippen molar-refractivity contribution in [3.05, 3.63) is 35.4 Å². The van der Waals surface area contributed by atoms with Crippen molar-refractivity contribution in [2.45, 2.75) is 6.42 Å². The normalized spacial score (nSPS) is 14.7. The largest absolute Gasteiger partial charge is 0.395 e. The summed E-state index contributed by atoms with van der Waals surface area (Å²) >= 11 is 0. The minimum Gasteiger partial charge on any atom is -0.395 e. The van der Waals surface area contributed by atoms with Crippen LogP contribution in [0.1, 0.15) is 17.5 Å². The van der Waals surface area contributed by atoms with Crippen molar-refractivity contribution in [2.24, 2.45) is 10.9 Å². The number of rotatable bonds is 2. The zero-order chi connectivity index (χ0) is 9.97.